The van der Waals surface area contributed by atoms with Gasteiger partial charge in [0.15, 0.2) is 0 Å². The van der Waals surface area contributed by atoms with Gasteiger partial charge in [-0.2, -0.15) is 0 Å². The molecule has 0 saturated carbocycles. The summed E-state index contributed by atoms with van der Waals surface area (Å²) >= 11 is 8.84. The fourth-order valence-corrected chi connectivity index (χ4v) is 4.80. The zero-order valence-electron chi connectivity index (χ0n) is 9.63. The zero-order valence-corrected chi connectivity index (χ0v) is 13.6. The average molecular weight is 381 g/mol. The van der Waals surface area contributed by atoms with Crippen LogP contribution < -0.4 is 5.32 Å². The molecule has 0 bridgehead atoms. The molecule has 0 spiro atoms. The van der Waals surface area contributed by atoms with Crippen LogP contribution in [0, 0.1) is 0 Å². The Morgan fingerprint density at radius 2 is 2.35 bits per heavy atom. The lowest BCUT2D eigenvalue weighted by Gasteiger charge is -2.24. The zero-order chi connectivity index (χ0) is 12.3. The Balaban J connectivity index is 2.27. The molecule has 0 radical (unpaired) electrons. The van der Waals surface area contributed by atoms with E-state index in [1.165, 1.54) is 5.56 Å². The monoisotopic (exact) mass is 379 g/mol. The number of hydrogen-bond acceptors (Lipinski definition) is 3. The van der Waals surface area contributed by atoms with E-state index in [-0.39, 0.29) is 6.04 Å². The van der Waals surface area contributed by atoms with Crippen LogP contribution in [-0.4, -0.2) is 13.2 Å². The Kier molecular flexibility index (Phi) is 5.09. The minimum absolute atomic E-state index is 0.164. The molecule has 94 valence electrons. The second kappa shape index (κ2) is 6.36. The van der Waals surface area contributed by atoms with Crippen LogP contribution in [-0.2, 0) is 4.74 Å². The summed E-state index contributed by atoms with van der Waals surface area (Å²) in [6.07, 6.45) is 4.44. The van der Waals surface area contributed by atoms with Crippen molar-refractivity contribution in [3.05, 3.63) is 31.0 Å². The Morgan fingerprint density at radius 1 is 1.53 bits per heavy atom. The van der Waals surface area contributed by atoms with Crippen LogP contribution in [0.5, 0.6) is 0 Å². The van der Waals surface area contributed by atoms with Gasteiger partial charge in [0.1, 0.15) is 5.76 Å². The van der Waals surface area contributed by atoms with Crippen LogP contribution in [0.3, 0.4) is 0 Å². The fraction of sp³-hybridized carbons (Fsp3) is 0.500. The van der Waals surface area contributed by atoms with Crippen LogP contribution in [0.1, 0.15) is 31.4 Å². The van der Waals surface area contributed by atoms with Gasteiger partial charge in [0.2, 0.25) is 0 Å². The minimum atomic E-state index is 0.164. The van der Waals surface area contributed by atoms with Crippen molar-refractivity contribution in [3.8, 4) is 0 Å². The maximum Gasteiger partial charge on any atom is 0.113 e. The molecule has 0 amide bonds. The molecule has 1 aliphatic heterocycles. The van der Waals surface area contributed by atoms with Crippen LogP contribution in [0.15, 0.2) is 25.5 Å². The van der Waals surface area contributed by atoms with E-state index < -0.39 is 0 Å². The van der Waals surface area contributed by atoms with Crippen molar-refractivity contribution in [3.63, 3.8) is 0 Å². The molecule has 1 aliphatic rings. The number of ether oxygens (including phenoxy) is 1. The third kappa shape index (κ3) is 3.34. The summed E-state index contributed by atoms with van der Waals surface area (Å²) in [4.78, 5) is 0. The van der Waals surface area contributed by atoms with E-state index in [0.717, 1.165) is 39.3 Å². The molecule has 1 N–H and O–H groups in total. The maximum atomic E-state index is 5.78. The van der Waals surface area contributed by atoms with Crippen molar-refractivity contribution < 1.29 is 4.74 Å². The van der Waals surface area contributed by atoms with Crippen molar-refractivity contribution in [2.75, 3.05) is 13.2 Å². The first-order valence-corrected chi connectivity index (χ1v) is 8.13. The van der Waals surface area contributed by atoms with Gasteiger partial charge in [-0.25, -0.2) is 0 Å². The van der Waals surface area contributed by atoms with E-state index in [0.29, 0.717) is 0 Å². The van der Waals surface area contributed by atoms with Gasteiger partial charge in [0.05, 0.1) is 20.2 Å². The quantitative estimate of drug-likeness (QED) is 0.822. The van der Waals surface area contributed by atoms with Gasteiger partial charge in [-0.05, 0) is 63.4 Å². The van der Waals surface area contributed by atoms with Gasteiger partial charge in [-0.15, -0.1) is 11.3 Å². The van der Waals surface area contributed by atoms with Crippen molar-refractivity contribution in [1.82, 2.24) is 5.32 Å². The molecule has 1 aromatic heterocycles. The lowest BCUT2D eigenvalue weighted by Crippen LogP contribution is -2.25. The smallest absolute Gasteiger partial charge is 0.113 e. The Morgan fingerprint density at radius 3 is 2.88 bits per heavy atom. The van der Waals surface area contributed by atoms with Gasteiger partial charge in [0.25, 0.3) is 0 Å². The maximum absolute atomic E-state index is 5.78. The molecule has 17 heavy (non-hydrogen) atoms. The van der Waals surface area contributed by atoms with Crippen molar-refractivity contribution in [1.29, 1.82) is 0 Å². The largest absolute Gasteiger partial charge is 0.496 e. The molecule has 2 rings (SSSR count). The van der Waals surface area contributed by atoms with Gasteiger partial charge in [-0.1, -0.05) is 6.92 Å². The Labute approximate surface area is 123 Å². The number of hydrogen-bond donors (Lipinski definition) is 1. The standard InChI is InChI=1S/C12H15Br2NOS/c1-2-15-11(9-5-3-4-6-16-9)8-7-10(13)17-12(8)14/h5,7,11,15H,2-4,6H2,1H3. The van der Waals surface area contributed by atoms with Crippen molar-refractivity contribution in [2.24, 2.45) is 0 Å². The first-order valence-electron chi connectivity index (χ1n) is 5.73. The predicted octanol–water partition coefficient (Wildman–Crippen LogP) is 4.62. The molecule has 1 atom stereocenters. The first-order chi connectivity index (χ1) is 8.22. The van der Waals surface area contributed by atoms with E-state index in [2.05, 4.69) is 56.2 Å². The summed E-state index contributed by atoms with van der Waals surface area (Å²) in [6.45, 7) is 3.87. The highest BCUT2D eigenvalue weighted by Crippen LogP contribution is 2.38. The number of likely N-dealkylation sites (N-methyl/N-ethyl adjacent to an activating group) is 1. The third-order valence-corrected chi connectivity index (χ3v) is 5.04. The van der Waals surface area contributed by atoms with Crippen molar-refractivity contribution in [2.45, 2.75) is 25.8 Å². The molecular formula is C12H15Br2NOS. The van der Waals surface area contributed by atoms with E-state index in [9.17, 15) is 0 Å². The van der Waals surface area contributed by atoms with Crippen molar-refractivity contribution >= 4 is 43.2 Å². The predicted molar refractivity (Wildman–Crippen MR) is 79.4 cm³/mol. The van der Waals surface area contributed by atoms with Gasteiger partial charge in [0, 0.05) is 5.56 Å². The Hall–Kier alpha value is 0.160. The minimum Gasteiger partial charge on any atom is -0.496 e. The Bertz CT molecular complexity index is 417. The number of nitrogens with one attached hydrogen (secondary N) is 1. The molecule has 0 aliphatic carbocycles. The summed E-state index contributed by atoms with van der Waals surface area (Å²) in [5.74, 6) is 1.06. The fourth-order valence-electron chi connectivity index (χ4n) is 1.90. The molecule has 1 aromatic rings. The molecule has 0 saturated heterocycles. The average Bonchev–Trinajstić information content (AvgIpc) is 2.66. The highest BCUT2D eigenvalue weighted by Gasteiger charge is 2.22. The highest BCUT2D eigenvalue weighted by atomic mass is 79.9. The third-order valence-electron chi connectivity index (χ3n) is 2.65. The van der Waals surface area contributed by atoms with Crippen LogP contribution in [0.4, 0.5) is 0 Å². The molecule has 2 nitrogen and oxygen atoms in total. The summed E-state index contributed by atoms with van der Waals surface area (Å²) in [5.41, 5.74) is 1.25. The SMILES string of the molecule is CCNC(C1=CCCCO1)c1cc(Br)sc1Br. The van der Waals surface area contributed by atoms with Gasteiger partial charge in [-0.3, -0.25) is 0 Å². The normalized spacial score (nSPS) is 17.5. The second-order valence-corrected chi connectivity index (χ2v) is 7.62. The van der Waals surface area contributed by atoms with Gasteiger partial charge >= 0.3 is 0 Å². The molecule has 1 unspecified atom stereocenters. The number of rotatable bonds is 4. The topological polar surface area (TPSA) is 21.3 Å². The highest BCUT2D eigenvalue weighted by molar-refractivity contribution is 9.12. The summed E-state index contributed by atoms with van der Waals surface area (Å²) in [7, 11) is 0. The van der Waals surface area contributed by atoms with Gasteiger partial charge < -0.3 is 10.1 Å². The van der Waals surface area contributed by atoms with E-state index >= 15 is 0 Å². The number of halogens is 2. The number of allylic oxidation sites excluding steroid dienone is 1. The van der Waals surface area contributed by atoms with E-state index in [1.54, 1.807) is 11.3 Å². The van der Waals surface area contributed by atoms with E-state index in [1.807, 2.05) is 0 Å². The van der Waals surface area contributed by atoms with Crippen LogP contribution >= 0.6 is 43.2 Å². The summed E-state index contributed by atoms with van der Waals surface area (Å²) < 4.78 is 8.07. The van der Waals surface area contributed by atoms with E-state index in [4.69, 9.17) is 4.74 Å². The molecule has 5 heteroatoms. The number of thiophene rings is 1. The molecule has 0 fully saturated rings. The second-order valence-electron chi connectivity index (χ2n) is 3.87. The molecule has 2 heterocycles. The van der Waals surface area contributed by atoms with Crippen LogP contribution in [0.25, 0.3) is 0 Å². The lowest BCUT2D eigenvalue weighted by molar-refractivity contribution is 0.168. The summed E-state index contributed by atoms with van der Waals surface area (Å²) in [5, 5.41) is 3.49. The summed E-state index contributed by atoms with van der Waals surface area (Å²) in [6, 6.07) is 2.32. The lowest BCUT2D eigenvalue weighted by atomic mass is 10.1. The molecular weight excluding hydrogens is 366 g/mol. The molecule has 0 aromatic carbocycles. The van der Waals surface area contributed by atoms with Crippen LogP contribution in [0.2, 0.25) is 0 Å². The first kappa shape index (κ1) is 13.6.